The van der Waals surface area contributed by atoms with Gasteiger partial charge in [0.25, 0.3) is 0 Å². The highest BCUT2D eigenvalue weighted by Crippen LogP contribution is 2.62. The lowest BCUT2D eigenvalue weighted by Gasteiger charge is -2.60. The number of hydrogen-bond acceptors (Lipinski definition) is 12. The average molecular weight is 895 g/mol. The molecule has 0 spiro atoms. The predicted molar refractivity (Wildman–Crippen MR) is 247 cm³/mol. The van der Waals surface area contributed by atoms with E-state index in [4.69, 9.17) is 43.2 Å². The molecule has 2 N–H and O–H groups in total. The second-order valence-electron chi connectivity index (χ2n) is 18.0. The van der Waals surface area contributed by atoms with Crippen molar-refractivity contribution in [2.24, 2.45) is 22.9 Å². The normalized spacial score (nSPS) is 23.4. The van der Waals surface area contributed by atoms with Gasteiger partial charge in [-0.15, -0.1) is 6.58 Å². The van der Waals surface area contributed by atoms with E-state index in [1.807, 2.05) is 81.4 Å². The number of allylic oxidation sites excluding steroid dienone is 1. The summed E-state index contributed by atoms with van der Waals surface area (Å²) in [6, 6.07) is 20.5. The van der Waals surface area contributed by atoms with E-state index in [0.717, 1.165) is 47.9 Å². The summed E-state index contributed by atoms with van der Waals surface area (Å²) in [5, 5.41) is 24.9. The number of aliphatic hydroxyl groups is 2. The molecule has 13 nitrogen and oxygen atoms in total. The molecule has 65 heavy (non-hydrogen) atoms. The third-order valence-corrected chi connectivity index (χ3v) is 12.4. The van der Waals surface area contributed by atoms with Crippen LogP contribution >= 0.6 is 0 Å². The number of amides is 1. The van der Waals surface area contributed by atoms with Crippen LogP contribution in [-0.2, 0) is 32.2 Å². The monoisotopic (exact) mass is 894 g/mol. The van der Waals surface area contributed by atoms with Crippen molar-refractivity contribution in [1.29, 1.82) is 0 Å². The molecule has 1 fully saturated rings. The minimum absolute atomic E-state index is 0.00144. The van der Waals surface area contributed by atoms with Gasteiger partial charge >= 0.3 is 6.09 Å². The van der Waals surface area contributed by atoms with Crippen molar-refractivity contribution >= 4 is 11.8 Å². The van der Waals surface area contributed by atoms with Crippen LogP contribution in [0.2, 0.25) is 0 Å². The van der Waals surface area contributed by atoms with E-state index in [-0.39, 0.29) is 70.5 Å². The van der Waals surface area contributed by atoms with Gasteiger partial charge in [0.05, 0.1) is 31.5 Å². The summed E-state index contributed by atoms with van der Waals surface area (Å²) in [5.74, 6) is 0.370. The molecule has 1 saturated carbocycles. The average Bonchev–Trinajstić information content (AvgIpc) is 3.78. The first-order valence-corrected chi connectivity index (χ1v) is 23.0. The fourth-order valence-electron chi connectivity index (χ4n) is 9.66. The van der Waals surface area contributed by atoms with E-state index in [1.54, 1.807) is 17.1 Å². The first kappa shape index (κ1) is 47.6. The maximum atomic E-state index is 15.0. The molecule has 2 aliphatic heterocycles. The summed E-state index contributed by atoms with van der Waals surface area (Å²) < 4.78 is 44.2. The Hall–Kier alpha value is -5.34. The number of hydrogen-bond donors (Lipinski definition) is 2. The minimum atomic E-state index is -1.49. The van der Waals surface area contributed by atoms with Gasteiger partial charge in [-0.25, -0.2) is 4.79 Å². The Morgan fingerprint density at radius 1 is 0.892 bits per heavy atom. The second kappa shape index (κ2) is 22.2. The molecule has 7 rings (SSSR count). The number of carbonyl (C=O) groups excluding carboxylic acids is 1. The Morgan fingerprint density at radius 3 is 2.40 bits per heavy atom. The Kier molecular flexibility index (Phi) is 16.3. The lowest BCUT2D eigenvalue weighted by molar-refractivity contribution is -0.256. The molecular formula is C52H66N2O11. The van der Waals surface area contributed by atoms with E-state index >= 15 is 4.79 Å². The quantitative estimate of drug-likeness (QED) is 0.0534. The fraction of sp³-hybridized carbons (Fsp3) is 0.500. The van der Waals surface area contributed by atoms with Crippen molar-refractivity contribution in [3.05, 3.63) is 120 Å². The Labute approximate surface area is 383 Å². The predicted octanol–water partition coefficient (Wildman–Crippen LogP) is 9.27. The standard InChI is InChI=1S/C52H66N2O11/c1-6-25-59-39-20-22-44-42(31-39)48-40(18-12-14-24-56)38(17-11-13-23-55)30-41-43(53-65-51(3,4)5)32-47(52(64-44,49(41)48)63-26-7-2)54(33-37-19-21-45-46(29-37)62-35-61-45)50(57)60-28-27-58-34-36-15-9-8-10-16-36/h6-10,15-16,19-22,29-31,38,40,47-49,55-56H,1-2,11-14,17-18,23-28,32-35H2,3-5H3. The molecule has 3 aromatic rings. The number of unbranched alkanes of at least 4 members (excludes halogenated alkanes) is 2. The number of nitrogens with zero attached hydrogens (tertiary/aromatic N) is 2. The number of benzene rings is 3. The van der Waals surface area contributed by atoms with Crippen molar-refractivity contribution in [2.45, 2.75) is 102 Å². The molecule has 6 atom stereocenters. The van der Waals surface area contributed by atoms with Crippen LogP contribution < -0.4 is 18.9 Å². The molecule has 350 valence electrons. The summed E-state index contributed by atoms with van der Waals surface area (Å²) in [5.41, 5.74) is 3.73. The van der Waals surface area contributed by atoms with Crippen LogP contribution in [0.3, 0.4) is 0 Å². The van der Waals surface area contributed by atoms with Gasteiger partial charge in [-0.3, -0.25) is 4.90 Å². The highest BCUT2D eigenvalue weighted by atomic mass is 16.7. The third-order valence-electron chi connectivity index (χ3n) is 12.4. The van der Waals surface area contributed by atoms with Crippen LogP contribution in [0.4, 0.5) is 4.79 Å². The highest BCUT2D eigenvalue weighted by molar-refractivity contribution is 6.03. The maximum absolute atomic E-state index is 15.0. The topological polar surface area (TPSA) is 147 Å². The van der Waals surface area contributed by atoms with E-state index < -0.39 is 29.4 Å². The largest absolute Gasteiger partial charge is 0.490 e. The smallest absolute Gasteiger partial charge is 0.410 e. The third kappa shape index (κ3) is 11.4. The lowest BCUT2D eigenvalue weighted by Crippen LogP contribution is -2.70. The zero-order chi connectivity index (χ0) is 45.8. The van der Waals surface area contributed by atoms with Crippen LogP contribution in [0.15, 0.2) is 109 Å². The molecule has 2 aliphatic carbocycles. The second-order valence-corrected chi connectivity index (χ2v) is 18.0. The summed E-state index contributed by atoms with van der Waals surface area (Å²) >= 11 is 0. The molecule has 4 aliphatic rings. The van der Waals surface area contributed by atoms with Crippen LogP contribution in [0.25, 0.3) is 0 Å². The van der Waals surface area contributed by atoms with Gasteiger partial charge < -0.3 is 48.2 Å². The van der Waals surface area contributed by atoms with Crippen molar-refractivity contribution in [2.75, 3.05) is 46.4 Å². The van der Waals surface area contributed by atoms with Crippen LogP contribution in [-0.4, -0.2) is 90.8 Å². The van der Waals surface area contributed by atoms with Crippen molar-refractivity contribution in [3.8, 4) is 23.0 Å². The Morgan fingerprint density at radius 2 is 1.65 bits per heavy atom. The van der Waals surface area contributed by atoms with Crippen LogP contribution in [0.1, 0.15) is 88.3 Å². The zero-order valence-corrected chi connectivity index (χ0v) is 38.2. The van der Waals surface area contributed by atoms with Gasteiger partial charge in [0.2, 0.25) is 12.6 Å². The number of rotatable bonds is 23. The fourth-order valence-corrected chi connectivity index (χ4v) is 9.66. The molecule has 2 heterocycles. The first-order chi connectivity index (χ1) is 31.6. The van der Waals surface area contributed by atoms with Gasteiger partial charge in [0.15, 0.2) is 11.5 Å². The molecule has 0 aromatic heterocycles. The number of fused-ring (bicyclic) bond motifs is 3. The number of carbonyl (C=O) groups is 1. The van der Waals surface area contributed by atoms with Gasteiger partial charge in [0.1, 0.15) is 36.4 Å². The van der Waals surface area contributed by atoms with E-state index in [2.05, 4.69) is 25.3 Å². The van der Waals surface area contributed by atoms with Crippen molar-refractivity contribution in [3.63, 3.8) is 0 Å². The van der Waals surface area contributed by atoms with E-state index in [0.29, 0.717) is 54.8 Å². The molecule has 1 amide bonds. The van der Waals surface area contributed by atoms with Gasteiger partial charge in [-0.1, -0.05) is 79.2 Å². The molecule has 3 aromatic carbocycles. The SMILES string of the molecule is C=CCOc1ccc2c(c1)C1C(CCCCO)C(CCCCO)C=C3C(=NOC(C)(C)C)CC(N(Cc4ccc5c(c4)OCO5)C(=O)OCCOCc4ccccc4)C(OCC=C)(O2)C31. The molecular weight excluding hydrogens is 829 g/mol. The summed E-state index contributed by atoms with van der Waals surface area (Å²) in [4.78, 5) is 23.0. The van der Waals surface area contributed by atoms with E-state index in [9.17, 15) is 10.2 Å². The van der Waals surface area contributed by atoms with Gasteiger partial charge in [-0.05, 0) is 105 Å². The molecule has 0 bridgehead atoms. The molecule has 0 radical (unpaired) electrons. The lowest BCUT2D eigenvalue weighted by atomic mass is 9.55. The summed E-state index contributed by atoms with van der Waals surface area (Å²) in [6.07, 6.45) is 9.91. The summed E-state index contributed by atoms with van der Waals surface area (Å²) in [6.45, 7) is 15.2. The van der Waals surface area contributed by atoms with Crippen molar-refractivity contribution < 1.29 is 53.0 Å². The van der Waals surface area contributed by atoms with Gasteiger partial charge in [-0.2, -0.15) is 0 Å². The first-order valence-electron chi connectivity index (χ1n) is 23.0. The zero-order valence-electron chi connectivity index (χ0n) is 38.2. The number of oxime groups is 1. The van der Waals surface area contributed by atoms with Crippen molar-refractivity contribution in [1.82, 2.24) is 4.90 Å². The highest BCUT2D eigenvalue weighted by Gasteiger charge is 2.66. The Balaban J connectivity index is 1.39. The van der Waals surface area contributed by atoms with Gasteiger partial charge in [0, 0.05) is 37.7 Å². The molecule has 6 unspecified atom stereocenters. The minimum Gasteiger partial charge on any atom is -0.490 e. The molecule has 0 saturated heterocycles. The van der Waals surface area contributed by atoms with Crippen LogP contribution in [0, 0.1) is 17.8 Å². The number of aliphatic hydroxyl groups excluding tert-OH is 2. The number of ether oxygens (including phenoxy) is 7. The van der Waals surface area contributed by atoms with E-state index in [1.165, 1.54) is 0 Å². The maximum Gasteiger partial charge on any atom is 0.410 e. The van der Waals surface area contributed by atoms with Crippen LogP contribution in [0.5, 0.6) is 23.0 Å². The Bertz CT molecular complexity index is 2130. The summed E-state index contributed by atoms with van der Waals surface area (Å²) in [7, 11) is 0. The molecule has 13 heteroatoms.